The number of aromatic nitrogens is 2. The summed E-state index contributed by atoms with van der Waals surface area (Å²) in [4.78, 5) is 4.72. The lowest BCUT2D eigenvalue weighted by Crippen LogP contribution is -2.06. The fourth-order valence-corrected chi connectivity index (χ4v) is 2.77. The molecule has 3 rings (SSSR count). The second-order valence-corrected chi connectivity index (χ2v) is 5.78. The summed E-state index contributed by atoms with van der Waals surface area (Å²) in [6, 6.07) is 14.2. The standard InChI is InChI=1S/C19H19N3O/c1-13-7-17-18(8-14(13)2)22(19(21-17)12-23-3)11-16-6-4-5-15(9-16)10-20/h4-9H,11-12H2,1-3H3. The van der Waals surface area contributed by atoms with Gasteiger partial charge in [0.2, 0.25) is 0 Å². The van der Waals surface area contributed by atoms with Crippen molar-refractivity contribution >= 4 is 11.0 Å². The van der Waals surface area contributed by atoms with E-state index in [2.05, 4.69) is 36.6 Å². The van der Waals surface area contributed by atoms with Gasteiger partial charge in [0.05, 0.1) is 22.7 Å². The van der Waals surface area contributed by atoms with Gasteiger partial charge in [-0.2, -0.15) is 5.26 Å². The molecule has 0 aliphatic heterocycles. The molecule has 0 aliphatic carbocycles. The predicted octanol–water partition coefficient (Wildman–Crippen LogP) is 3.72. The van der Waals surface area contributed by atoms with Gasteiger partial charge in [0, 0.05) is 13.7 Å². The van der Waals surface area contributed by atoms with Crippen LogP contribution in [0.3, 0.4) is 0 Å². The van der Waals surface area contributed by atoms with Crippen LogP contribution < -0.4 is 0 Å². The summed E-state index contributed by atoms with van der Waals surface area (Å²) in [5.41, 5.74) is 6.32. The van der Waals surface area contributed by atoms with Gasteiger partial charge in [-0.1, -0.05) is 12.1 Å². The van der Waals surface area contributed by atoms with Crippen molar-refractivity contribution < 1.29 is 4.74 Å². The number of nitriles is 1. The lowest BCUT2D eigenvalue weighted by Gasteiger charge is -2.10. The Morgan fingerprint density at radius 2 is 1.96 bits per heavy atom. The largest absolute Gasteiger partial charge is 0.377 e. The molecule has 0 radical (unpaired) electrons. The minimum absolute atomic E-state index is 0.463. The normalized spacial score (nSPS) is 10.9. The Kier molecular flexibility index (Phi) is 4.14. The van der Waals surface area contributed by atoms with Crippen molar-refractivity contribution in [1.29, 1.82) is 5.26 Å². The summed E-state index contributed by atoms with van der Waals surface area (Å²) in [6.07, 6.45) is 0. The summed E-state index contributed by atoms with van der Waals surface area (Å²) in [7, 11) is 1.68. The van der Waals surface area contributed by atoms with Gasteiger partial charge in [-0.25, -0.2) is 4.98 Å². The highest BCUT2D eigenvalue weighted by atomic mass is 16.5. The highest BCUT2D eigenvalue weighted by Crippen LogP contribution is 2.22. The second-order valence-electron chi connectivity index (χ2n) is 5.78. The molecule has 0 atom stereocenters. The van der Waals surface area contributed by atoms with Crippen molar-refractivity contribution in [2.75, 3.05) is 7.11 Å². The first-order chi connectivity index (χ1) is 11.1. The summed E-state index contributed by atoms with van der Waals surface area (Å²) in [6.45, 7) is 5.34. The molecule has 0 spiro atoms. The number of imidazole rings is 1. The molecule has 0 N–H and O–H groups in total. The van der Waals surface area contributed by atoms with Gasteiger partial charge < -0.3 is 9.30 Å². The third kappa shape index (κ3) is 2.96. The van der Waals surface area contributed by atoms with Crippen LogP contribution >= 0.6 is 0 Å². The smallest absolute Gasteiger partial charge is 0.136 e. The van der Waals surface area contributed by atoms with Crippen LogP contribution in [0.25, 0.3) is 11.0 Å². The molecular weight excluding hydrogens is 286 g/mol. The Morgan fingerprint density at radius 3 is 2.70 bits per heavy atom. The number of fused-ring (bicyclic) bond motifs is 1. The fraction of sp³-hybridized carbons (Fsp3) is 0.263. The first-order valence-electron chi connectivity index (χ1n) is 7.56. The van der Waals surface area contributed by atoms with Gasteiger partial charge in [0.25, 0.3) is 0 Å². The number of nitrogens with zero attached hydrogens (tertiary/aromatic N) is 3. The van der Waals surface area contributed by atoms with Crippen LogP contribution in [0.4, 0.5) is 0 Å². The molecule has 3 aromatic rings. The monoisotopic (exact) mass is 305 g/mol. The highest BCUT2D eigenvalue weighted by Gasteiger charge is 2.12. The molecular formula is C19H19N3O. The molecule has 4 heteroatoms. The average Bonchev–Trinajstić information content (AvgIpc) is 2.85. The maximum absolute atomic E-state index is 9.08. The molecule has 1 heterocycles. The lowest BCUT2D eigenvalue weighted by atomic mass is 10.1. The topological polar surface area (TPSA) is 50.8 Å². The summed E-state index contributed by atoms with van der Waals surface area (Å²) in [5, 5.41) is 9.08. The van der Waals surface area contributed by atoms with Crippen LogP contribution in [0, 0.1) is 25.2 Å². The SMILES string of the molecule is COCc1nc2cc(C)c(C)cc2n1Cc1cccc(C#N)c1. The van der Waals surface area contributed by atoms with Gasteiger partial charge in [-0.3, -0.25) is 0 Å². The van der Waals surface area contributed by atoms with Crippen molar-refractivity contribution in [2.24, 2.45) is 0 Å². The molecule has 0 bridgehead atoms. The van der Waals surface area contributed by atoms with E-state index >= 15 is 0 Å². The van der Waals surface area contributed by atoms with E-state index in [1.54, 1.807) is 7.11 Å². The zero-order chi connectivity index (χ0) is 16.4. The van der Waals surface area contributed by atoms with Gasteiger partial charge >= 0.3 is 0 Å². The van der Waals surface area contributed by atoms with E-state index in [9.17, 15) is 0 Å². The van der Waals surface area contributed by atoms with E-state index in [1.165, 1.54) is 11.1 Å². The zero-order valence-electron chi connectivity index (χ0n) is 13.6. The Morgan fingerprint density at radius 1 is 1.17 bits per heavy atom. The first kappa shape index (κ1) is 15.3. The maximum Gasteiger partial charge on any atom is 0.136 e. The Balaban J connectivity index is 2.12. The van der Waals surface area contributed by atoms with Gasteiger partial charge in [0.15, 0.2) is 0 Å². The third-order valence-corrected chi connectivity index (χ3v) is 4.11. The van der Waals surface area contributed by atoms with Crippen molar-refractivity contribution in [1.82, 2.24) is 9.55 Å². The number of aryl methyl sites for hydroxylation is 2. The van der Waals surface area contributed by atoms with Crippen molar-refractivity contribution in [3.8, 4) is 6.07 Å². The zero-order valence-corrected chi connectivity index (χ0v) is 13.6. The molecule has 2 aromatic carbocycles. The summed E-state index contributed by atoms with van der Waals surface area (Å²) >= 11 is 0. The lowest BCUT2D eigenvalue weighted by molar-refractivity contribution is 0.175. The van der Waals surface area contributed by atoms with E-state index < -0.39 is 0 Å². The van der Waals surface area contributed by atoms with E-state index in [4.69, 9.17) is 15.0 Å². The van der Waals surface area contributed by atoms with Crippen LogP contribution in [-0.4, -0.2) is 16.7 Å². The number of rotatable bonds is 4. The minimum Gasteiger partial charge on any atom is -0.377 e. The number of benzene rings is 2. The quantitative estimate of drug-likeness (QED) is 0.738. The molecule has 0 amide bonds. The van der Waals surface area contributed by atoms with Crippen LogP contribution in [0.1, 0.15) is 28.1 Å². The van der Waals surface area contributed by atoms with Crippen LogP contribution in [-0.2, 0) is 17.9 Å². The van der Waals surface area contributed by atoms with E-state index in [-0.39, 0.29) is 0 Å². The number of ether oxygens (including phenoxy) is 1. The van der Waals surface area contributed by atoms with Crippen molar-refractivity contribution in [3.63, 3.8) is 0 Å². The number of hydrogen-bond donors (Lipinski definition) is 0. The third-order valence-electron chi connectivity index (χ3n) is 4.11. The van der Waals surface area contributed by atoms with Gasteiger partial charge in [0.1, 0.15) is 12.4 Å². The van der Waals surface area contributed by atoms with Crippen molar-refractivity contribution in [2.45, 2.75) is 27.0 Å². The highest BCUT2D eigenvalue weighted by molar-refractivity contribution is 5.78. The average molecular weight is 305 g/mol. The maximum atomic E-state index is 9.08. The molecule has 0 unspecified atom stereocenters. The molecule has 23 heavy (non-hydrogen) atoms. The number of methoxy groups -OCH3 is 1. The number of hydrogen-bond acceptors (Lipinski definition) is 3. The molecule has 0 saturated carbocycles. The van der Waals surface area contributed by atoms with Crippen molar-refractivity contribution in [3.05, 3.63) is 64.5 Å². The first-order valence-corrected chi connectivity index (χ1v) is 7.56. The van der Waals surface area contributed by atoms with Gasteiger partial charge in [-0.05, 0) is 54.8 Å². The predicted molar refractivity (Wildman–Crippen MR) is 90.2 cm³/mol. The molecule has 0 fully saturated rings. The molecule has 1 aromatic heterocycles. The minimum atomic E-state index is 0.463. The van der Waals surface area contributed by atoms with Crippen LogP contribution in [0.5, 0.6) is 0 Å². The van der Waals surface area contributed by atoms with Crippen LogP contribution in [0.15, 0.2) is 36.4 Å². The van der Waals surface area contributed by atoms with Crippen LogP contribution in [0.2, 0.25) is 0 Å². The molecule has 116 valence electrons. The Hall–Kier alpha value is -2.64. The summed E-state index contributed by atoms with van der Waals surface area (Å²) < 4.78 is 7.47. The second kappa shape index (κ2) is 6.23. The van der Waals surface area contributed by atoms with E-state index in [1.807, 2.05) is 24.3 Å². The Bertz CT molecular complexity index is 903. The Labute approximate surface area is 136 Å². The molecule has 0 saturated heterocycles. The summed E-state index contributed by atoms with van der Waals surface area (Å²) in [5.74, 6) is 0.898. The fourth-order valence-electron chi connectivity index (χ4n) is 2.77. The van der Waals surface area contributed by atoms with E-state index in [0.717, 1.165) is 22.4 Å². The van der Waals surface area contributed by atoms with Gasteiger partial charge in [-0.15, -0.1) is 0 Å². The van der Waals surface area contributed by atoms with E-state index in [0.29, 0.717) is 18.7 Å². The molecule has 0 aliphatic rings. The molecule has 4 nitrogen and oxygen atoms in total.